The minimum absolute atomic E-state index is 0.0213. The van der Waals surface area contributed by atoms with Crippen LogP contribution in [0.15, 0.2) is 17.0 Å². The zero-order valence-corrected chi connectivity index (χ0v) is 13.9. The van der Waals surface area contributed by atoms with Crippen LogP contribution >= 0.6 is 0 Å². The maximum atomic E-state index is 12.7. The van der Waals surface area contributed by atoms with Crippen molar-refractivity contribution < 1.29 is 18.8 Å². The Kier molecular flexibility index (Phi) is 4.19. The molecule has 3 heterocycles. The quantitative estimate of drug-likeness (QED) is 0.820. The third kappa shape index (κ3) is 3.25. The van der Waals surface area contributed by atoms with Gasteiger partial charge >= 0.3 is 0 Å². The number of carbonyl (C=O) groups excluding carboxylic acids is 3. The second kappa shape index (κ2) is 6.50. The first-order valence-corrected chi connectivity index (χ1v) is 8.87. The van der Waals surface area contributed by atoms with Crippen molar-refractivity contribution in [2.45, 2.75) is 44.2 Å². The number of nitrogens with one attached hydrogen (secondary N) is 2. The standard InChI is InChI=1S/C17H22N4O4/c22-15-5-11-7-21(8-13(11)20-15)17(24)10-1-3-12(4-2-10)19-16(23)14-6-18-9-25-14/h6,9-13H,1-5,7-8H2,(H,19,23)(H,20,22)/t10?,11-,12?,13+/m0/s1. The highest BCUT2D eigenvalue weighted by molar-refractivity contribution is 5.91. The van der Waals surface area contributed by atoms with E-state index in [9.17, 15) is 14.4 Å². The van der Waals surface area contributed by atoms with Crippen LogP contribution in [-0.2, 0) is 9.59 Å². The molecule has 1 aliphatic carbocycles. The first-order chi connectivity index (χ1) is 12.1. The maximum Gasteiger partial charge on any atom is 0.288 e. The summed E-state index contributed by atoms with van der Waals surface area (Å²) in [6.45, 7) is 1.32. The highest BCUT2D eigenvalue weighted by Gasteiger charge is 2.43. The van der Waals surface area contributed by atoms with Gasteiger partial charge in [0.25, 0.3) is 5.91 Å². The molecular weight excluding hydrogens is 324 g/mol. The molecule has 1 aromatic heterocycles. The van der Waals surface area contributed by atoms with Gasteiger partial charge in [-0.3, -0.25) is 14.4 Å². The van der Waals surface area contributed by atoms with Crippen molar-refractivity contribution in [2.24, 2.45) is 11.8 Å². The van der Waals surface area contributed by atoms with E-state index in [1.165, 1.54) is 12.6 Å². The number of amides is 3. The van der Waals surface area contributed by atoms with Crippen LogP contribution in [-0.4, -0.2) is 52.8 Å². The van der Waals surface area contributed by atoms with Gasteiger partial charge in [0.2, 0.25) is 17.6 Å². The molecular formula is C17H22N4O4. The number of oxazole rings is 1. The second-order valence-corrected chi connectivity index (χ2v) is 7.27. The molecule has 2 aliphatic heterocycles. The predicted octanol–water partition coefficient (Wildman–Crippen LogP) is 0.310. The summed E-state index contributed by atoms with van der Waals surface area (Å²) in [5.74, 6) is 0.551. The smallest absolute Gasteiger partial charge is 0.288 e. The molecule has 0 bridgehead atoms. The predicted molar refractivity (Wildman–Crippen MR) is 86.3 cm³/mol. The molecule has 134 valence electrons. The van der Waals surface area contributed by atoms with E-state index in [1.54, 1.807) is 0 Å². The Hall–Kier alpha value is -2.38. The summed E-state index contributed by atoms with van der Waals surface area (Å²) in [7, 11) is 0. The number of likely N-dealkylation sites (tertiary alicyclic amines) is 1. The molecule has 0 aromatic carbocycles. The van der Waals surface area contributed by atoms with Crippen molar-refractivity contribution in [1.82, 2.24) is 20.5 Å². The molecule has 4 rings (SSSR count). The van der Waals surface area contributed by atoms with Gasteiger partial charge in [-0.1, -0.05) is 0 Å². The first-order valence-electron chi connectivity index (χ1n) is 8.87. The number of aromatic nitrogens is 1. The minimum atomic E-state index is -0.254. The van der Waals surface area contributed by atoms with Crippen LogP contribution < -0.4 is 10.6 Å². The third-order valence-corrected chi connectivity index (χ3v) is 5.61. The second-order valence-electron chi connectivity index (χ2n) is 7.27. The van der Waals surface area contributed by atoms with Crippen molar-refractivity contribution >= 4 is 17.7 Å². The van der Waals surface area contributed by atoms with Gasteiger partial charge in [0.15, 0.2) is 6.39 Å². The van der Waals surface area contributed by atoms with E-state index in [4.69, 9.17) is 4.42 Å². The van der Waals surface area contributed by atoms with E-state index in [-0.39, 0.29) is 47.4 Å². The molecule has 3 amide bonds. The van der Waals surface area contributed by atoms with Crippen LogP contribution in [0.1, 0.15) is 42.7 Å². The zero-order chi connectivity index (χ0) is 17.4. The maximum absolute atomic E-state index is 12.7. The Morgan fingerprint density at radius 3 is 2.72 bits per heavy atom. The minimum Gasteiger partial charge on any atom is -0.438 e. The fourth-order valence-corrected chi connectivity index (χ4v) is 4.25. The average molecular weight is 346 g/mol. The number of carbonyl (C=O) groups is 3. The fourth-order valence-electron chi connectivity index (χ4n) is 4.25. The van der Waals surface area contributed by atoms with Gasteiger partial charge in [-0.25, -0.2) is 4.98 Å². The van der Waals surface area contributed by atoms with Gasteiger partial charge in [0.1, 0.15) is 0 Å². The molecule has 0 unspecified atom stereocenters. The number of nitrogens with zero attached hydrogens (tertiary/aromatic N) is 2. The summed E-state index contributed by atoms with van der Waals surface area (Å²) < 4.78 is 4.99. The highest BCUT2D eigenvalue weighted by atomic mass is 16.3. The molecule has 3 aliphatic rings. The van der Waals surface area contributed by atoms with Gasteiger partial charge in [-0.05, 0) is 25.7 Å². The lowest BCUT2D eigenvalue weighted by Crippen LogP contribution is -2.42. The van der Waals surface area contributed by atoms with Crippen molar-refractivity contribution in [3.05, 3.63) is 18.4 Å². The molecule has 2 N–H and O–H groups in total. The van der Waals surface area contributed by atoms with Crippen molar-refractivity contribution in [3.63, 3.8) is 0 Å². The molecule has 1 aromatic rings. The van der Waals surface area contributed by atoms with Crippen LogP contribution in [0.2, 0.25) is 0 Å². The van der Waals surface area contributed by atoms with Crippen molar-refractivity contribution in [1.29, 1.82) is 0 Å². The Balaban J connectivity index is 1.25. The Morgan fingerprint density at radius 1 is 1.24 bits per heavy atom. The normalized spacial score (nSPS) is 31.5. The summed E-state index contributed by atoms with van der Waals surface area (Å²) in [6.07, 6.45) is 6.29. The molecule has 8 heteroatoms. The molecule has 1 saturated carbocycles. The van der Waals surface area contributed by atoms with Crippen LogP contribution in [0.25, 0.3) is 0 Å². The number of fused-ring (bicyclic) bond motifs is 1. The zero-order valence-electron chi connectivity index (χ0n) is 13.9. The fraction of sp³-hybridized carbons (Fsp3) is 0.647. The van der Waals surface area contributed by atoms with Crippen LogP contribution in [0.4, 0.5) is 0 Å². The highest BCUT2D eigenvalue weighted by Crippen LogP contribution is 2.31. The van der Waals surface area contributed by atoms with E-state index in [0.29, 0.717) is 19.5 Å². The Labute approximate surface area is 145 Å². The molecule has 8 nitrogen and oxygen atoms in total. The first kappa shape index (κ1) is 16.1. The van der Waals surface area contributed by atoms with Crippen LogP contribution in [0.3, 0.4) is 0 Å². The summed E-state index contributed by atoms with van der Waals surface area (Å²) in [5, 5.41) is 5.89. The summed E-state index contributed by atoms with van der Waals surface area (Å²) in [4.78, 5) is 41.7. The lowest BCUT2D eigenvalue weighted by atomic mass is 9.85. The van der Waals surface area contributed by atoms with E-state index < -0.39 is 0 Å². The summed E-state index contributed by atoms with van der Waals surface area (Å²) in [6, 6.07) is 0.202. The summed E-state index contributed by atoms with van der Waals surface area (Å²) in [5.41, 5.74) is 0. The van der Waals surface area contributed by atoms with Crippen LogP contribution in [0.5, 0.6) is 0 Å². The molecule has 0 radical (unpaired) electrons. The van der Waals surface area contributed by atoms with Crippen LogP contribution in [0, 0.1) is 11.8 Å². The third-order valence-electron chi connectivity index (χ3n) is 5.61. The number of rotatable bonds is 3. The van der Waals surface area contributed by atoms with Crippen molar-refractivity contribution in [2.75, 3.05) is 13.1 Å². The summed E-state index contributed by atoms with van der Waals surface area (Å²) >= 11 is 0. The number of hydrogen-bond acceptors (Lipinski definition) is 5. The molecule has 25 heavy (non-hydrogen) atoms. The van der Waals surface area contributed by atoms with Gasteiger partial charge in [-0.15, -0.1) is 0 Å². The SMILES string of the molecule is O=C1C[C@H]2CN(C(=O)C3CCC(NC(=O)c4cnco4)CC3)C[C@H]2N1. The largest absolute Gasteiger partial charge is 0.438 e. The van der Waals surface area contributed by atoms with E-state index in [1.807, 2.05) is 4.90 Å². The number of hydrogen-bond donors (Lipinski definition) is 2. The van der Waals surface area contributed by atoms with Gasteiger partial charge in [-0.2, -0.15) is 0 Å². The molecule has 2 saturated heterocycles. The van der Waals surface area contributed by atoms with E-state index in [0.717, 1.165) is 25.7 Å². The van der Waals surface area contributed by atoms with Gasteiger partial charge in [0, 0.05) is 37.4 Å². The van der Waals surface area contributed by atoms with E-state index in [2.05, 4.69) is 15.6 Å². The average Bonchev–Trinajstić information content (AvgIpc) is 3.30. The Bertz CT molecular complexity index is 650. The lowest BCUT2D eigenvalue weighted by Gasteiger charge is -2.31. The van der Waals surface area contributed by atoms with Crippen molar-refractivity contribution in [3.8, 4) is 0 Å². The van der Waals surface area contributed by atoms with Gasteiger partial charge < -0.3 is 20.0 Å². The molecule has 2 atom stereocenters. The topological polar surface area (TPSA) is 105 Å². The Morgan fingerprint density at radius 2 is 2.04 bits per heavy atom. The van der Waals surface area contributed by atoms with E-state index >= 15 is 0 Å². The molecule has 3 fully saturated rings. The van der Waals surface area contributed by atoms with Gasteiger partial charge in [0.05, 0.1) is 12.2 Å². The lowest BCUT2D eigenvalue weighted by molar-refractivity contribution is -0.136. The molecule has 0 spiro atoms. The monoisotopic (exact) mass is 346 g/mol.